The van der Waals surface area contributed by atoms with Gasteiger partial charge in [-0.3, -0.25) is 9.69 Å². The molecule has 1 unspecified atom stereocenters. The molecule has 27 heavy (non-hydrogen) atoms. The number of amides is 3. The van der Waals surface area contributed by atoms with Gasteiger partial charge in [-0.05, 0) is 42.8 Å². The molecule has 0 spiro atoms. The van der Waals surface area contributed by atoms with E-state index in [1.54, 1.807) is 18.2 Å². The number of benzene rings is 2. The lowest BCUT2D eigenvalue weighted by molar-refractivity contribution is -0.131. The second-order valence-electron chi connectivity index (χ2n) is 6.13. The predicted molar refractivity (Wildman–Crippen MR) is 90.6 cm³/mol. The first-order valence-corrected chi connectivity index (χ1v) is 8.08. The van der Waals surface area contributed by atoms with Crippen LogP contribution in [0.4, 0.5) is 13.6 Å². The zero-order chi connectivity index (χ0) is 19.6. The van der Waals surface area contributed by atoms with E-state index in [4.69, 9.17) is 10.00 Å². The monoisotopic (exact) mass is 371 g/mol. The molecular weight excluding hydrogens is 356 g/mol. The van der Waals surface area contributed by atoms with E-state index in [1.165, 1.54) is 19.1 Å². The Balaban J connectivity index is 1.70. The van der Waals surface area contributed by atoms with Gasteiger partial charge in [-0.15, -0.1) is 0 Å². The van der Waals surface area contributed by atoms with Gasteiger partial charge in [0.25, 0.3) is 5.91 Å². The number of imide groups is 1. The third kappa shape index (κ3) is 3.44. The molecule has 6 nitrogen and oxygen atoms in total. The topological polar surface area (TPSA) is 82.4 Å². The van der Waals surface area contributed by atoms with Crippen molar-refractivity contribution < 1.29 is 23.1 Å². The minimum absolute atomic E-state index is 0.0158. The Bertz CT molecular complexity index is 957. The number of nitriles is 1. The first-order valence-electron chi connectivity index (χ1n) is 8.08. The number of nitrogens with zero attached hydrogens (tertiary/aromatic N) is 2. The average Bonchev–Trinajstić information content (AvgIpc) is 2.88. The fraction of sp³-hybridized carbons (Fsp3) is 0.211. The standard InChI is InChI=1S/C19H15F2N3O3/c1-19(13-5-6-15(20)16(21)10-13)17(25)24(18(26)23-19)7-8-27-14-4-2-3-12(9-14)11-22/h2-6,9-10H,7-8H2,1H3,(H,23,26). The maximum atomic E-state index is 13.5. The van der Waals surface area contributed by atoms with Crippen LogP contribution >= 0.6 is 0 Å². The molecule has 1 aliphatic heterocycles. The van der Waals surface area contributed by atoms with Crippen molar-refractivity contribution in [3.63, 3.8) is 0 Å². The van der Waals surface area contributed by atoms with Crippen LogP contribution in [0.2, 0.25) is 0 Å². The summed E-state index contributed by atoms with van der Waals surface area (Å²) in [5.74, 6) is -2.30. The van der Waals surface area contributed by atoms with Crippen molar-refractivity contribution in [2.75, 3.05) is 13.2 Å². The summed E-state index contributed by atoms with van der Waals surface area (Å²) in [6, 6.07) is 10.8. The minimum Gasteiger partial charge on any atom is -0.492 e. The van der Waals surface area contributed by atoms with Crippen LogP contribution < -0.4 is 10.1 Å². The number of carbonyl (C=O) groups is 2. The van der Waals surface area contributed by atoms with E-state index < -0.39 is 29.1 Å². The number of carbonyl (C=O) groups excluding carboxylic acids is 2. The molecule has 1 saturated heterocycles. The van der Waals surface area contributed by atoms with Gasteiger partial charge in [-0.1, -0.05) is 12.1 Å². The lowest BCUT2D eigenvalue weighted by atomic mass is 9.92. The highest BCUT2D eigenvalue weighted by Crippen LogP contribution is 2.29. The smallest absolute Gasteiger partial charge is 0.325 e. The third-order valence-electron chi connectivity index (χ3n) is 4.32. The number of nitrogens with one attached hydrogen (secondary N) is 1. The van der Waals surface area contributed by atoms with Crippen LogP contribution in [-0.4, -0.2) is 30.0 Å². The minimum atomic E-state index is -1.49. The number of halogens is 2. The summed E-state index contributed by atoms with van der Waals surface area (Å²) in [6.07, 6.45) is 0. The highest BCUT2D eigenvalue weighted by molar-refractivity contribution is 6.07. The summed E-state index contributed by atoms with van der Waals surface area (Å²) in [5.41, 5.74) is -0.926. The molecule has 1 N–H and O–H groups in total. The van der Waals surface area contributed by atoms with Crippen molar-refractivity contribution in [1.82, 2.24) is 10.2 Å². The largest absolute Gasteiger partial charge is 0.492 e. The maximum absolute atomic E-state index is 13.5. The van der Waals surface area contributed by atoms with Crippen LogP contribution in [-0.2, 0) is 10.3 Å². The summed E-state index contributed by atoms with van der Waals surface area (Å²) in [4.78, 5) is 25.9. The average molecular weight is 371 g/mol. The summed E-state index contributed by atoms with van der Waals surface area (Å²) in [5, 5.41) is 11.4. The van der Waals surface area contributed by atoms with Gasteiger partial charge >= 0.3 is 6.03 Å². The van der Waals surface area contributed by atoms with Gasteiger partial charge in [-0.25, -0.2) is 13.6 Å². The molecule has 1 fully saturated rings. The van der Waals surface area contributed by atoms with Crippen LogP contribution in [0.5, 0.6) is 5.75 Å². The van der Waals surface area contributed by atoms with E-state index >= 15 is 0 Å². The zero-order valence-electron chi connectivity index (χ0n) is 14.3. The van der Waals surface area contributed by atoms with Gasteiger partial charge in [0, 0.05) is 0 Å². The predicted octanol–water partition coefficient (Wildman–Crippen LogP) is 2.68. The Kier molecular flexibility index (Phi) is 4.77. The molecule has 8 heteroatoms. The Labute approximate surface area is 154 Å². The van der Waals surface area contributed by atoms with E-state index in [2.05, 4.69) is 5.32 Å². The van der Waals surface area contributed by atoms with Crippen LogP contribution in [0.1, 0.15) is 18.1 Å². The highest BCUT2D eigenvalue weighted by atomic mass is 19.2. The number of hydrogen-bond acceptors (Lipinski definition) is 4. The van der Waals surface area contributed by atoms with E-state index in [-0.39, 0.29) is 18.7 Å². The lowest BCUT2D eigenvalue weighted by Crippen LogP contribution is -2.41. The molecule has 0 aromatic heterocycles. The molecule has 1 heterocycles. The van der Waals surface area contributed by atoms with Crippen molar-refractivity contribution in [2.45, 2.75) is 12.5 Å². The summed E-state index contributed by atoms with van der Waals surface area (Å²) in [7, 11) is 0. The molecular formula is C19H15F2N3O3. The number of rotatable bonds is 5. The molecule has 3 rings (SSSR count). The van der Waals surface area contributed by atoms with Crippen molar-refractivity contribution in [3.05, 3.63) is 65.2 Å². The molecule has 2 aromatic rings. The van der Waals surface area contributed by atoms with Crippen LogP contribution in [0.3, 0.4) is 0 Å². The summed E-state index contributed by atoms with van der Waals surface area (Å²) < 4.78 is 32.2. The van der Waals surface area contributed by atoms with Crippen LogP contribution in [0.25, 0.3) is 0 Å². The van der Waals surface area contributed by atoms with Gasteiger partial charge < -0.3 is 10.1 Å². The molecule has 3 amide bonds. The second kappa shape index (κ2) is 7.03. The maximum Gasteiger partial charge on any atom is 0.325 e. The molecule has 2 aromatic carbocycles. The quantitative estimate of drug-likeness (QED) is 0.820. The Morgan fingerprint density at radius 2 is 1.96 bits per heavy atom. The molecule has 0 radical (unpaired) electrons. The molecule has 0 bridgehead atoms. The molecule has 0 saturated carbocycles. The van der Waals surface area contributed by atoms with Crippen LogP contribution in [0, 0.1) is 23.0 Å². The molecule has 1 aliphatic rings. The fourth-order valence-corrected chi connectivity index (χ4v) is 2.81. The Morgan fingerprint density at radius 3 is 2.67 bits per heavy atom. The van der Waals surface area contributed by atoms with Gasteiger partial charge in [0.1, 0.15) is 17.9 Å². The lowest BCUT2D eigenvalue weighted by Gasteiger charge is -2.22. The summed E-state index contributed by atoms with van der Waals surface area (Å²) >= 11 is 0. The van der Waals surface area contributed by atoms with E-state index in [0.717, 1.165) is 17.0 Å². The Hall–Kier alpha value is -3.47. The fourth-order valence-electron chi connectivity index (χ4n) is 2.81. The molecule has 138 valence electrons. The molecule has 0 aliphatic carbocycles. The number of ether oxygens (including phenoxy) is 1. The van der Waals surface area contributed by atoms with Crippen molar-refractivity contribution in [3.8, 4) is 11.8 Å². The molecule has 1 atom stereocenters. The SMILES string of the molecule is CC1(c2ccc(F)c(F)c2)NC(=O)N(CCOc2cccc(C#N)c2)C1=O. The highest BCUT2D eigenvalue weighted by Gasteiger charge is 2.49. The van der Waals surface area contributed by atoms with Gasteiger partial charge in [0.05, 0.1) is 18.2 Å². The third-order valence-corrected chi connectivity index (χ3v) is 4.32. The normalized spacial score (nSPS) is 19.0. The van der Waals surface area contributed by atoms with Crippen molar-refractivity contribution >= 4 is 11.9 Å². The Morgan fingerprint density at radius 1 is 1.19 bits per heavy atom. The first-order chi connectivity index (χ1) is 12.8. The summed E-state index contributed by atoms with van der Waals surface area (Å²) in [6.45, 7) is 1.40. The number of urea groups is 1. The van der Waals surface area contributed by atoms with Crippen LogP contribution in [0.15, 0.2) is 42.5 Å². The van der Waals surface area contributed by atoms with E-state index in [9.17, 15) is 18.4 Å². The van der Waals surface area contributed by atoms with Gasteiger partial charge in [0.2, 0.25) is 0 Å². The van der Waals surface area contributed by atoms with E-state index in [0.29, 0.717) is 11.3 Å². The second-order valence-corrected chi connectivity index (χ2v) is 6.13. The van der Waals surface area contributed by atoms with E-state index in [1.807, 2.05) is 6.07 Å². The van der Waals surface area contributed by atoms with Crippen molar-refractivity contribution in [1.29, 1.82) is 5.26 Å². The number of hydrogen-bond donors (Lipinski definition) is 1. The zero-order valence-corrected chi connectivity index (χ0v) is 14.3. The van der Waals surface area contributed by atoms with Gasteiger partial charge in [-0.2, -0.15) is 5.26 Å². The van der Waals surface area contributed by atoms with Gasteiger partial charge in [0.15, 0.2) is 11.6 Å². The first kappa shape index (κ1) is 18.3. The van der Waals surface area contributed by atoms with Crippen molar-refractivity contribution in [2.24, 2.45) is 0 Å².